The Morgan fingerprint density at radius 2 is 2.16 bits per heavy atom. The summed E-state index contributed by atoms with van der Waals surface area (Å²) in [4.78, 5) is 16.4. The van der Waals surface area contributed by atoms with Crippen molar-refractivity contribution in [1.29, 1.82) is 0 Å². The lowest BCUT2D eigenvalue weighted by Gasteiger charge is -2.09. The van der Waals surface area contributed by atoms with E-state index in [1.807, 2.05) is 13.0 Å². The molecule has 0 aliphatic heterocycles. The van der Waals surface area contributed by atoms with Crippen LogP contribution in [0.2, 0.25) is 0 Å². The van der Waals surface area contributed by atoms with E-state index in [9.17, 15) is 4.79 Å². The first-order chi connectivity index (χ1) is 12.1. The highest BCUT2D eigenvalue weighted by Crippen LogP contribution is 2.32. The van der Waals surface area contributed by atoms with Crippen molar-refractivity contribution in [3.63, 3.8) is 0 Å². The molecule has 130 valence electrons. The molecular formula is C16H14BrN3O4S. The molecule has 9 heteroatoms. The van der Waals surface area contributed by atoms with Crippen LogP contribution in [0.1, 0.15) is 17.5 Å². The van der Waals surface area contributed by atoms with Crippen LogP contribution < -0.4 is 14.8 Å². The quantitative estimate of drug-likeness (QED) is 0.638. The first-order valence-electron chi connectivity index (χ1n) is 7.32. The molecule has 1 N–H and O–H groups in total. The zero-order chi connectivity index (χ0) is 17.8. The number of halogens is 1. The fourth-order valence-corrected chi connectivity index (χ4v) is 2.96. The van der Waals surface area contributed by atoms with Crippen molar-refractivity contribution in [2.24, 2.45) is 0 Å². The van der Waals surface area contributed by atoms with Gasteiger partial charge in [0.25, 0.3) is 5.91 Å². The highest BCUT2D eigenvalue weighted by molar-refractivity contribution is 9.10. The third-order valence-electron chi connectivity index (χ3n) is 3.17. The molecule has 0 spiro atoms. The molecule has 0 saturated carbocycles. The summed E-state index contributed by atoms with van der Waals surface area (Å²) in [5.41, 5.74) is 0.762. The average molecular weight is 424 g/mol. The van der Waals surface area contributed by atoms with E-state index in [0.717, 1.165) is 17.1 Å². The normalized spacial score (nSPS) is 10.5. The molecule has 0 aliphatic rings. The number of furan rings is 1. The van der Waals surface area contributed by atoms with E-state index >= 15 is 0 Å². The van der Waals surface area contributed by atoms with Gasteiger partial charge < -0.3 is 13.9 Å². The van der Waals surface area contributed by atoms with Gasteiger partial charge in [-0.05, 0) is 53.2 Å². The SMILES string of the molecule is CCOc1ccc(-c2nsc(NC(=O)c3ccc(Br)o3)n2)cc1OC. The van der Waals surface area contributed by atoms with Crippen LogP contribution in [0, 0.1) is 0 Å². The molecule has 7 nitrogen and oxygen atoms in total. The standard InChI is InChI=1S/C16H14BrN3O4S/c1-3-23-10-5-4-9(8-12(10)22-2)14-18-16(25-20-14)19-15(21)11-6-7-13(17)24-11/h4-8H,3H2,1-2H3,(H,18,19,20,21). The smallest absolute Gasteiger partial charge is 0.293 e. The fourth-order valence-electron chi connectivity index (χ4n) is 2.07. The molecule has 25 heavy (non-hydrogen) atoms. The Balaban J connectivity index is 1.78. The van der Waals surface area contributed by atoms with Gasteiger partial charge in [-0.1, -0.05) is 0 Å². The Labute approximate surface area is 156 Å². The number of hydrogen-bond donors (Lipinski definition) is 1. The zero-order valence-corrected chi connectivity index (χ0v) is 15.8. The van der Waals surface area contributed by atoms with Gasteiger partial charge in [-0.25, -0.2) is 0 Å². The van der Waals surface area contributed by atoms with Crippen LogP contribution in [0.5, 0.6) is 11.5 Å². The van der Waals surface area contributed by atoms with Gasteiger partial charge in [0.05, 0.1) is 13.7 Å². The zero-order valence-electron chi connectivity index (χ0n) is 13.4. The lowest BCUT2D eigenvalue weighted by atomic mass is 10.2. The minimum Gasteiger partial charge on any atom is -0.493 e. The molecule has 0 saturated heterocycles. The lowest BCUT2D eigenvalue weighted by molar-refractivity contribution is 0.0995. The summed E-state index contributed by atoms with van der Waals surface area (Å²) in [6.07, 6.45) is 0. The predicted molar refractivity (Wildman–Crippen MR) is 97.4 cm³/mol. The number of nitrogens with one attached hydrogen (secondary N) is 1. The second-order valence-corrected chi connectivity index (χ2v) is 6.31. The van der Waals surface area contributed by atoms with Crippen LogP contribution in [-0.2, 0) is 0 Å². The van der Waals surface area contributed by atoms with Crippen molar-refractivity contribution in [2.45, 2.75) is 6.92 Å². The van der Waals surface area contributed by atoms with Crippen LogP contribution in [0.4, 0.5) is 5.13 Å². The number of carbonyl (C=O) groups is 1. The number of amides is 1. The van der Waals surface area contributed by atoms with Crippen LogP contribution in [-0.4, -0.2) is 29.0 Å². The molecule has 0 bridgehead atoms. The average Bonchev–Trinajstić information content (AvgIpc) is 3.24. The summed E-state index contributed by atoms with van der Waals surface area (Å²) >= 11 is 4.24. The van der Waals surface area contributed by atoms with Gasteiger partial charge >= 0.3 is 0 Å². The molecule has 3 rings (SSSR count). The number of carbonyl (C=O) groups excluding carboxylic acids is 1. The first kappa shape index (κ1) is 17.4. The summed E-state index contributed by atoms with van der Waals surface area (Å²) in [6, 6.07) is 8.65. The van der Waals surface area contributed by atoms with Gasteiger partial charge in [-0.2, -0.15) is 9.36 Å². The van der Waals surface area contributed by atoms with Crippen LogP contribution in [0.15, 0.2) is 39.4 Å². The molecule has 3 aromatic rings. The van der Waals surface area contributed by atoms with E-state index in [1.54, 1.807) is 31.4 Å². The maximum atomic E-state index is 12.1. The topological polar surface area (TPSA) is 86.5 Å². The monoisotopic (exact) mass is 423 g/mol. The van der Waals surface area contributed by atoms with Crippen molar-refractivity contribution in [2.75, 3.05) is 19.0 Å². The number of nitrogens with zero attached hydrogens (tertiary/aromatic N) is 2. The van der Waals surface area contributed by atoms with E-state index in [-0.39, 0.29) is 5.76 Å². The van der Waals surface area contributed by atoms with Crippen molar-refractivity contribution >= 4 is 38.5 Å². The highest BCUT2D eigenvalue weighted by Gasteiger charge is 2.15. The molecule has 1 aromatic carbocycles. The Morgan fingerprint density at radius 1 is 1.32 bits per heavy atom. The number of rotatable bonds is 6. The Hall–Kier alpha value is -2.39. The first-order valence-corrected chi connectivity index (χ1v) is 8.89. The van der Waals surface area contributed by atoms with Crippen molar-refractivity contribution in [3.8, 4) is 22.9 Å². The molecule has 0 aliphatic carbocycles. The van der Waals surface area contributed by atoms with E-state index < -0.39 is 5.91 Å². The van der Waals surface area contributed by atoms with E-state index in [0.29, 0.717) is 33.7 Å². The van der Waals surface area contributed by atoms with Gasteiger partial charge in [0.15, 0.2) is 27.8 Å². The highest BCUT2D eigenvalue weighted by atomic mass is 79.9. The van der Waals surface area contributed by atoms with Crippen LogP contribution in [0.25, 0.3) is 11.4 Å². The number of aromatic nitrogens is 2. The molecule has 2 aromatic heterocycles. The van der Waals surface area contributed by atoms with E-state index in [2.05, 4.69) is 30.6 Å². The Morgan fingerprint density at radius 3 is 2.84 bits per heavy atom. The second kappa shape index (κ2) is 7.66. The minimum absolute atomic E-state index is 0.186. The summed E-state index contributed by atoms with van der Waals surface area (Å²) in [6.45, 7) is 2.45. The maximum absolute atomic E-state index is 12.1. The third kappa shape index (κ3) is 3.99. The van der Waals surface area contributed by atoms with Crippen LogP contribution in [0.3, 0.4) is 0 Å². The molecule has 0 fully saturated rings. The molecule has 0 radical (unpaired) electrons. The van der Waals surface area contributed by atoms with Gasteiger partial charge in [-0.3, -0.25) is 10.1 Å². The predicted octanol–water partition coefficient (Wildman–Crippen LogP) is 4.22. The van der Waals surface area contributed by atoms with Crippen molar-refractivity contribution < 1.29 is 18.7 Å². The third-order valence-corrected chi connectivity index (χ3v) is 4.22. The summed E-state index contributed by atoms with van der Waals surface area (Å²) in [5, 5.41) is 3.03. The Bertz CT molecular complexity index is 893. The minimum atomic E-state index is -0.391. The number of benzene rings is 1. The molecule has 0 unspecified atom stereocenters. The largest absolute Gasteiger partial charge is 0.493 e. The number of anilines is 1. The van der Waals surface area contributed by atoms with Gasteiger partial charge in [0.1, 0.15) is 0 Å². The maximum Gasteiger partial charge on any atom is 0.293 e. The summed E-state index contributed by atoms with van der Waals surface area (Å²) < 4.78 is 20.8. The molecular weight excluding hydrogens is 410 g/mol. The number of methoxy groups -OCH3 is 1. The van der Waals surface area contributed by atoms with E-state index in [1.165, 1.54) is 0 Å². The number of ether oxygens (including phenoxy) is 2. The van der Waals surface area contributed by atoms with Gasteiger partial charge in [0, 0.05) is 17.1 Å². The molecule has 2 heterocycles. The Kier molecular flexibility index (Phi) is 5.34. The molecule has 1 amide bonds. The van der Waals surface area contributed by atoms with Gasteiger partial charge in [0.2, 0.25) is 5.13 Å². The fraction of sp³-hybridized carbons (Fsp3) is 0.188. The molecule has 0 atom stereocenters. The number of hydrogen-bond acceptors (Lipinski definition) is 7. The van der Waals surface area contributed by atoms with Crippen molar-refractivity contribution in [1.82, 2.24) is 9.36 Å². The van der Waals surface area contributed by atoms with Gasteiger partial charge in [-0.15, -0.1) is 0 Å². The van der Waals surface area contributed by atoms with Crippen LogP contribution >= 0.6 is 27.5 Å². The second-order valence-electron chi connectivity index (χ2n) is 4.78. The summed E-state index contributed by atoms with van der Waals surface area (Å²) in [7, 11) is 1.57. The van der Waals surface area contributed by atoms with E-state index in [4.69, 9.17) is 13.9 Å². The summed E-state index contributed by atoms with van der Waals surface area (Å²) in [5.74, 6) is 1.53. The van der Waals surface area contributed by atoms with Crippen molar-refractivity contribution in [3.05, 3.63) is 40.8 Å². The lowest BCUT2D eigenvalue weighted by Crippen LogP contribution is -2.10.